The largest absolute Gasteiger partial charge is 0.484 e. The van der Waals surface area contributed by atoms with Crippen LogP contribution in [-0.4, -0.2) is 65.4 Å². The van der Waals surface area contributed by atoms with E-state index in [4.69, 9.17) is 4.74 Å². The van der Waals surface area contributed by atoms with E-state index in [1.165, 1.54) is 11.3 Å². The van der Waals surface area contributed by atoms with Crippen molar-refractivity contribution < 1.29 is 19.1 Å². The van der Waals surface area contributed by atoms with E-state index in [9.17, 15) is 14.4 Å². The van der Waals surface area contributed by atoms with Crippen LogP contribution >= 0.6 is 23.1 Å². The number of amides is 3. The van der Waals surface area contributed by atoms with E-state index in [-0.39, 0.29) is 30.2 Å². The van der Waals surface area contributed by atoms with Gasteiger partial charge in [-0.05, 0) is 43.4 Å². The summed E-state index contributed by atoms with van der Waals surface area (Å²) in [6, 6.07) is 8.43. The third-order valence-corrected chi connectivity index (χ3v) is 6.46. The maximum Gasteiger partial charge on any atom is 0.258 e. The standard InChI is InChI=1S/C22H28N4O4S2/c1-31-12-9-18(24-19(27)15-30-17-7-3-2-4-8-17)21(29)26-11-5-6-16(14-26)20(28)25-22-23-10-13-32-22/h2-4,7-8,10,13,16,18H,5-6,9,11-12,14-15H2,1H3,(H,24,27)(H,23,25,28). The minimum Gasteiger partial charge on any atom is -0.484 e. The number of hydrogen-bond acceptors (Lipinski definition) is 7. The van der Waals surface area contributed by atoms with Gasteiger partial charge < -0.3 is 20.3 Å². The summed E-state index contributed by atoms with van der Waals surface area (Å²) in [6.45, 7) is 0.750. The minimum atomic E-state index is -0.643. The van der Waals surface area contributed by atoms with E-state index in [0.717, 1.165) is 12.2 Å². The highest BCUT2D eigenvalue weighted by Gasteiger charge is 2.32. The molecule has 3 amide bonds. The van der Waals surface area contributed by atoms with Crippen molar-refractivity contribution in [1.82, 2.24) is 15.2 Å². The Bertz CT molecular complexity index is 879. The Balaban J connectivity index is 1.56. The summed E-state index contributed by atoms with van der Waals surface area (Å²) in [5.41, 5.74) is 0. The zero-order valence-corrected chi connectivity index (χ0v) is 19.6. The molecule has 1 aromatic heterocycles. The van der Waals surface area contributed by atoms with Crippen molar-refractivity contribution in [3.05, 3.63) is 41.9 Å². The molecule has 0 radical (unpaired) electrons. The van der Waals surface area contributed by atoms with Gasteiger partial charge in [-0.25, -0.2) is 4.98 Å². The van der Waals surface area contributed by atoms with Crippen LogP contribution in [0.4, 0.5) is 5.13 Å². The summed E-state index contributed by atoms with van der Waals surface area (Å²) < 4.78 is 5.50. The van der Waals surface area contributed by atoms with E-state index in [2.05, 4.69) is 15.6 Å². The van der Waals surface area contributed by atoms with E-state index < -0.39 is 6.04 Å². The maximum atomic E-state index is 13.2. The lowest BCUT2D eigenvalue weighted by atomic mass is 9.96. The number of piperidine rings is 1. The molecule has 1 aliphatic rings. The third-order valence-electron chi connectivity index (χ3n) is 5.12. The average molecular weight is 477 g/mol. The van der Waals surface area contributed by atoms with Crippen molar-refractivity contribution >= 4 is 46.0 Å². The number of aromatic nitrogens is 1. The molecule has 32 heavy (non-hydrogen) atoms. The average Bonchev–Trinajstić information content (AvgIpc) is 3.33. The number of ether oxygens (including phenoxy) is 1. The Hall–Kier alpha value is -2.59. The van der Waals surface area contributed by atoms with Crippen LogP contribution in [0.25, 0.3) is 0 Å². The van der Waals surface area contributed by atoms with Gasteiger partial charge in [0.2, 0.25) is 11.8 Å². The Morgan fingerprint density at radius 3 is 2.84 bits per heavy atom. The van der Waals surface area contributed by atoms with Crippen LogP contribution in [-0.2, 0) is 14.4 Å². The number of carbonyl (C=O) groups excluding carboxylic acids is 3. The fraction of sp³-hybridized carbons (Fsp3) is 0.455. The predicted molar refractivity (Wildman–Crippen MR) is 127 cm³/mol. The second-order valence-corrected chi connectivity index (χ2v) is 9.33. The Morgan fingerprint density at radius 1 is 1.31 bits per heavy atom. The molecule has 1 saturated heterocycles. The van der Waals surface area contributed by atoms with Crippen LogP contribution in [0.3, 0.4) is 0 Å². The number of carbonyl (C=O) groups is 3. The monoisotopic (exact) mass is 476 g/mol. The first-order valence-electron chi connectivity index (χ1n) is 10.5. The number of nitrogens with zero attached hydrogens (tertiary/aromatic N) is 2. The van der Waals surface area contributed by atoms with Gasteiger partial charge in [-0.2, -0.15) is 11.8 Å². The molecule has 2 atom stereocenters. The van der Waals surface area contributed by atoms with E-state index in [1.54, 1.807) is 40.4 Å². The summed E-state index contributed by atoms with van der Waals surface area (Å²) in [4.78, 5) is 44.0. The first kappa shape index (κ1) is 24.1. The second kappa shape index (κ2) is 12.4. The summed E-state index contributed by atoms with van der Waals surface area (Å²) >= 11 is 2.98. The number of thioether (sulfide) groups is 1. The highest BCUT2D eigenvalue weighted by Crippen LogP contribution is 2.21. The van der Waals surface area contributed by atoms with Gasteiger partial charge in [-0.15, -0.1) is 11.3 Å². The van der Waals surface area contributed by atoms with Crippen LogP contribution < -0.4 is 15.4 Å². The molecule has 8 nitrogen and oxygen atoms in total. The summed E-state index contributed by atoms with van der Waals surface area (Å²) in [7, 11) is 0. The minimum absolute atomic E-state index is 0.126. The van der Waals surface area contributed by atoms with Gasteiger partial charge in [-0.1, -0.05) is 18.2 Å². The van der Waals surface area contributed by atoms with Crippen LogP contribution in [0.2, 0.25) is 0 Å². The molecule has 2 N–H and O–H groups in total. The number of hydrogen-bond donors (Lipinski definition) is 2. The summed E-state index contributed by atoms with van der Waals surface area (Å²) in [5.74, 6) is 0.410. The normalized spacial score (nSPS) is 16.8. The number of para-hydroxylation sites is 1. The Labute approximate surface area is 196 Å². The number of anilines is 1. The first-order valence-corrected chi connectivity index (χ1v) is 12.8. The second-order valence-electron chi connectivity index (χ2n) is 7.45. The van der Waals surface area contributed by atoms with Crippen LogP contribution in [0.15, 0.2) is 41.9 Å². The molecule has 0 spiro atoms. The molecular formula is C22H28N4O4S2. The highest BCUT2D eigenvalue weighted by atomic mass is 32.2. The van der Waals surface area contributed by atoms with Gasteiger partial charge in [-0.3, -0.25) is 14.4 Å². The first-order chi connectivity index (χ1) is 15.6. The van der Waals surface area contributed by atoms with Crippen molar-refractivity contribution in [2.24, 2.45) is 5.92 Å². The molecule has 3 rings (SSSR count). The molecule has 172 valence electrons. The molecular weight excluding hydrogens is 448 g/mol. The molecule has 2 aromatic rings. The van der Waals surface area contributed by atoms with Gasteiger partial charge in [0.25, 0.3) is 5.91 Å². The predicted octanol–water partition coefficient (Wildman–Crippen LogP) is 2.64. The van der Waals surface area contributed by atoms with Gasteiger partial charge in [0.05, 0.1) is 5.92 Å². The molecule has 1 aliphatic heterocycles. The van der Waals surface area contributed by atoms with Crippen molar-refractivity contribution in [3.63, 3.8) is 0 Å². The van der Waals surface area contributed by atoms with Crippen LogP contribution in [0, 0.1) is 5.92 Å². The summed E-state index contributed by atoms with van der Waals surface area (Å²) in [6.07, 6.45) is 5.57. The summed E-state index contributed by atoms with van der Waals surface area (Å²) in [5, 5.41) is 8.00. The van der Waals surface area contributed by atoms with Crippen molar-refractivity contribution in [2.45, 2.75) is 25.3 Å². The zero-order valence-electron chi connectivity index (χ0n) is 18.0. The lowest BCUT2D eigenvalue weighted by Gasteiger charge is -2.34. The SMILES string of the molecule is CSCCC(NC(=O)COc1ccccc1)C(=O)N1CCCC(C(=O)Nc2nccs2)C1. The molecule has 1 aromatic carbocycles. The van der Waals surface area contributed by atoms with E-state index in [0.29, 0.717) is 36.8 Å². The lowest BCUT2D eigenvalue weighted by Crippen LogP contribution is -2.53. The topological polar surface area (TPSA) is 101 Å². The van der Waals surface area contributed by atoms with Crippen LogP contribution in [0.1, 0.15) is 19.3 Å². The van der Waals surface area contributed by atoms with Crippen molar-refractivity contribution in [2.75, 3.05) is 37.0 Å². The molecule has 0 saturated carbocycles. The Morgan fingerprint density at radius 2 is 2.12 bits per heavy atom. The quantitative estimate of drug-likeness (QED) is 0.547. The number of likely N-dealkylation sites (tertiary alicyclic amines) is 1. The smallest absolute Gasteiger partial charge is 0.258 e. The third kappa shape index (κ3) is 7.23. The van der Waals surface area contributed by atoms with Gasteiger partial charge in [0.1, 0.15) is 11.8 Å². The molecule has 0 aliphatic carbocycles. The maximum absolute atomic E-state index is 13.2. The van der Waals surface area contributed by atoms with Crippen molar-refractivity contribution in [3.8, 4) is 5.75 Å². The van der Waals surface area contributed by atoms with Gasteiger partial charge in [0.15, 0.2) is 11.7 Å². The Kier molecular flexibility index (Phi) is 9.36. The molecule has 2 unspecified atom stereocenters. The molecule has 1 fully saturated rings. The number of nitrogens with one attached hydrogen (secondary N) is 2. The molecule has 10 heteroatoms. The van der Waals surface area contributed by atoms with E-state index >= 15 is 0 Å². The van der Waals surface area contributed by atoms with Gasteiger partial charge in [0, 0.05) is 24.7 Å². The number of rotatable bonds is 10. The highest BCUT2D eigenvalue weighted by molar-refractivity contribution is 7.98. The lowest BCUT2D eigenvalue weighted by molar-refractivity contribution is -0.139. The van der Waals surface area contributed by atoms with Crippen LogP contribution in [0.5, 0.6) is 5.75 Å². The van der Waals surface area contributed by atoms with Crippen molar-refractivity contribution in [1.29, 1.82) is 0 Å². The molecule has 2 heterocycles. The zero-order chi connectivity index (χ0) is 22.8. The fourth-order valence-corrected chi connectivity index (χ4v) is 4.50. The number of thiazole rings is 1. The fourth-order valence-electron chi connectivity index (χ4n) is 3.50. The molecule has 0 bridgehead atoms. The van der Waals surface area contributed by atoms with E-state index in [1.807, 2.05) is 24.5 Å². The van der Waals surface area contributed by atoms with Gasteiger partial charge >= 0.3 is 0 Å². The number of benzene rings is 1.